The molecule has 90 valence electrons. The highest BCUT2D eigenvalue weighted by atomic mass is 32.2. The van der Waals surface area contributed by atoms with Gasteiger partial charge in [-0.1, -0.05) is 0 Å². The van der Waals surface area contributed by atoms with Crippen molar-refractivity contribution in [2.45, 2.75) is 25.1 Å². The van der Waals surface area contributed by atoms with Crippen molar-refractivity contribution < 1.29 is 9.90 Å². The lowest BCUT2D eigenvalue weighted by atomic mass is 10.2. The van der Waals surface area contributed by atoms with Gasteiger partial charge in [-0.05, 0) is 31.0 Å². The summed E-state index contributed by atoms with van der Waals surface area (Å²) in [4.78, 5) is 11.9. The minimum Gasteiger partial charge on any atom is -0.395 e. The second-order valence-corrected chi connectivity index (χ2v) is 5.51. The molecule has 0 aliphatic rings. The van der Waals surface area contributed by atoms with E-state index in [1.807, 2.05) is 30.9 Å². The van der Waals surface area contributed by atoms with Gasteiger partial charge in [0.1, 0.15) is 0 Å². The number of thioether (sulfide) groups is 1. The minimum absolute atomic E-state index is 0.0354. The number of nitrogens with one attached hydrogen (secondary N) is 1. The van der Waals surface area contributed by atoms with E-state index in [0.29, 0.717) is 0 Å². The summed E-state index contributed by atoms with van der Waals surface area (Å²) in [6, 6.07) is -0.0354. The van der Waals surface area contributed by atoms with Gasteiger partial charge in [-0.25, -0.2) is 0 Å². The van der Waals surface area contributed by atoms with Gasteiger partial charge in [0.2, 0.25) is 0 Å². The summed E-state index contributed by atoms with van der Waals surface area (Å²) in [7, 11) is 0. The summed E-state index contributed by atoms with van der Waals surface area (Å²) < 4.78 is 0. The fourth-order valence-electron chi connectivity index (χ4n) is 1.41. The van der Waals surface area contributed by atoms with E-state index in [9.17, 15) is 4.79 Å². The van der Waals surface area contributed by atoms with Crippen LogP contribution in [0.15, 0.2) is 10.8 Å². The van der Waals surface area contributed by atoms with Crippen molar-refractivity contribution in [3.8, 4) is 0 Å². The van der Waals surface area contributed by atoms with Crippen LogP contribution in [0.3, 0.4) is 0 Å². The lowest BCUT2D eigenvalue weighted by Crippen LogP contribution is -2.41. The third kappa shape index (κ3) is 3.23. The zero-order valence-electron chi connectivity index (χ0n) is 9.69. The van der Waals surface area contributed by atoms with Crippen LogP contribution < -0.4 is 5.32 Å². The van der Waals surface area contributed by atoms with E-state index in [1.165, 1.54) is 11.3 Å². The standard InChI is InChI=1S/C11H17NO2S2/c1-7-5-16-6-9(7)11(14)12-8(2)10(4-13)15-3/h5-6,8,10,13H,4H2,1-3H3,(H,12,14). The number of aliphatic hydroxyl groups excluding tert-OH is 1. The SMILES string of the molecule is CSC(CO)C(C)NC(=O)c1cscc1C. The third-order valence-corrected chi connectivity index (χ3v) is 4.52. The molecule has 0 aliphatic carbocycles. The van der Waals surface area contributed by atoms with Gasteiger partial charge in [0, 0.05) is 16.7 Å². The molecule has 1 aromatic heterocycles. The Kier molecular flexibility index (Phi) is 5.31. The minimum atomic E-state index is -0.0567. The molecule has 0 aliphatic heterocycles. The number of hydrogen-bond donors (Lipinski definition) is 2. The van der Waals surface area contributed by atoms with E-state index >= 15 is 0 Å². The third-order valence-electron chi connectivity index (χ3n) is 2.50. The number of aliphatic hydroxyl groups is 1. The number of carbonyl (C=O) groups is 1. The van der Waals surface area contributed by atoms with Crippen molar-refractivity contribution >= 4 is 29.0 Å². The average Bonchev–Trinajstić information content (AvgIpc) is 2.66. The summed E-state index contributed by atoms with van der Waals surface area (Å²) in [6.07, 6.45) is 1.93. The predicted octanol–water partition coefficient (Wildman–Crippen LogP) is 1.90. The Bertz CT molecular complexity index is 348. The molecule has 0 bridgehead atoms. The van der Waals surface area contributed by atoms with E-state index in [0.717, 1.165) is 11.1 Å². The van der Waals surface area contributed by atoms with Crippen LogP contribution >= 0.6 is 23.1 Å². The summed E-state index contributed by atoms with van der Waals surface area (Å²) in [6.45, 7) is 3.91. The van der Waals surface area contributed by atoms with Crippen LogP contribution in [0, 0.1) is 6.92 Å². The first-order valence-electron chi connectivity index (χ1n) is 5.07. The number of carbonyl (C=O) groups excluding carboxylic acids is 1. The molecule has 0 spiro atoms. The van der Waals surface area contributed by atoms with Gasteiger partial charge in [-0.2, -0.15) is 23.1 Å². The molecule has 0 saturated heterocycles. The zero-order valence-corrected chi connectivity index (χ0v) is 11.3. The maximum absolute atomic E-state index is 11.9. The maximum atomic E-state index is 11.9. The van der Waals surface area contributed by atoms with Crippen LogP contribution in [-0.2, 0) is 0 Å². The van der Waals surface area contributed by atoms with E-state index < -0.39 is 0 Å². The summed E-state index contributed by atoms with van der Waals surface area (Å²) >= 11 is 3.09. The molecule has 2 unspecified atom stereocenters. The van der Waals surface area contributed by atoms with Gasteiger partial charge in [-0.15, -0.1) is 0 Å². The number of rotatable bonds is 5. The van der Waals surface area contributed by atoms with Crippen molar-refractivity contribution in [1.29, 1.82) is 0 Å². The summed E-state index contributed by atoms with van der Waals surface area (Å²) in [5.41, 5.74) is 1.73. The van der Waals surface area contributed by atoms with Crippen LogP contribution in [0.5, 0.6) is 0 Å². The van der Waals surface area contributed by atoms with Gasteiger partial charge in [0.15, 0.2) is 0 Å². The maximum Gasteiger partial charge on any atom is 0.252 e. The van der Waals surface area contributed by atoms with Gasteiger partial charge >= 0.3 is 0 Å². The number of hydrogen-bond acceptors (Lipinski definition) is 4. The van der Waals surface area contributed by atoms with E-state index in [1.54, 1.807) is 11.8 Å². The molecule has 2 N–H and O–H groups in total. The number of aryl methyl sites for hydroxylation is 1. The predicted molar refractivity (Wildman–Crippen MR) is 70.4 cm³/mol. The first-order chi connectivity index (χ1) is 7.60. The Morgan fingerprint density at radius 3 is 2.75 bits per heavy atom. The smallest absolute Gasteiger partial charge is 0.252 e. The molecular formula is C11H17NO2S2. The molecule has 0 aromatic carbocycles. The highest BCUT2D eigenvalue weighted by molar-refractivity contribution is 7.99. The van der Waals surface area contributed by atoms with Gasteiger partial charge < -0.3 is 10.4 Å². The molecule has 16 heavy (non-hydrogen) atoms. The molecule has 5 heteroatoms. The van der Waals surface area contributed by atoms with Gasteiger partial charge in [0.25, 0.3) is 5.91 Å². The number of amides is 1. The fraction of sp³-hybridized carbons (Fsp3) is 0.545. The first kappa shape index (κ1) is 13.5. The number of thiophene rings is 1. The molecule has 1 aromatic rings. The van der Waals surface area contributed by atoms with Crippen LogP contribution in [0.1, 0.15) is 22.8 Å². The van der Waals surface area contributed by atoms with Gasteiger partial charge in [-0.3, -0.25) is 4.79 Å². The second-order valence-electron chi connectivity index (χ2n) is 3.69. The molecular weight excluding hydrogens is 242 g/mol. The van der Waals surface area contributed by atoms with Crippen LogP contribution in [-0.4, -0.2) is 35.2 Å². The topological polar surface area (TPSA) is 49.3 Å². The normalized spacial score (nSPS) is 14.5. The summed E-state index contributed by atoms with van der Waals surface area (Å²) in [5.74, 6) is -0.0567. The molecule has 0 radical (unpaired) electrons. The van der Waals surface area contributed by atoms with E-state index in [-0.39, 0.29) is 23.8 Å². The highest BCUT2D eigenvalue weighted by Gasteiger charge is 2.19. The molecule has 2 atom stereocenters. The molecule has 0 fully saturated rings. The Morgan fingerprint density at radius 1 is 1.62 bits per heavy atom. The van der Waals surface area contributed by atoms with Crippen molar-refractivity contribution in [2.24, 2.45) is 0 Å². The molecule has 1 amide bonds. The van der Waals surface area contributed by atoms with E-state index in [2.05, 4.69) is 5.32 Å². The Balaban J connectivity index is 2.61. The monoisotopic (exact) mass is 259 g/mol. The Hall–Kier alpha value is -0.520. The molecule has 0 saturated carbocycles. The fourth-order valence-corrected chi connectivity index (χ4v) is 2.86. The Morgan fingerprint density at radius 2 is 2.31 bits per heavy atom. The zero-order chi connectivity index (χ0) is 12.1. The van der Waals surface area contributed by atoms with Crippen LogP contribution in [0.25, 0.3) is 0 Å². The van der Waals surface area contributed by atoms with E-state index in [4.69, 9.17) is 5.11 Å². The molecule has 1 heterocycles. The largest absolute Gasteiger partial charge is 0.395 e. The van der Waals surface area contributed by atoms with Gasteiger partial charge in [0.05, 0.1) is 12.2 Å². The molecule has 1 rings (SSSR count). The quantitative estimate of drug-likeness (QED) is 0.849. The summed E-state index contributed by atoms with van der Waals surface area (Å²) in [5, 5.41) is 15.9. The lowest BCUT2D eigenvalue weighted by Gasteiger charge is -2.21. The Labute approximate surface area is 104 Å². The highest BCUT2D eigenvalue weighted by Crippen LogP contribution is 2.15. The van der Waals surface area contributed by atoms with Crippen molar-refractivity contribution in [3.63, 3.8) is 0 Å². The van der Waals surface area contributed by atoms with Crippen molar-refractivity contribution in [1.82, 2.24) is 5.32 Å². The van der Waals surface area contributed by atoms with Crippen molar-refractivity contribution in [3.05, 3.63) is 21.9 Å². The van der Waals surface area contributed by atoms with Crippen molar-refractivity contribution in [2.75, 3.05) is 12.9 Å². The van der Waals surface area contributed by atoms with Crippen LogP contribution in [0.4, 0.5) is 0 Å². The van der Waals surface area contributed by atoms with Crippen LogP contribution in [0.2, 0.25) is 0 Å². The average molecular weight is 259 g/mol. The first-order valence-corrected chi connectivity index (χ1v) is 7.30. The second kappa shape index (κ2) is 6.27. The lowest BCUT2D eigenvalue weighted by molar-refractivity contribution is 0.0936. The molecule has 3 nitrogen and oxygen atoms in total.